The maximum Gasteiger partial charge on any atom is 0.308 e. The highest BCUT2D eigenvalue weighted by Crippen LogP contribution is 2.37. The van der Waals surface area contributed by atoms with E-state index < -0.39 is 0 Å². The zero-order valence-electron chi connectivity index (χ0n) is 17.5. The highest BCUT2D eigenvalue weighted by Gasteiger charge is 2.32. The van der Waals surface area contributed by atoms with Crippen LogP contribution >= 0.6 is 0 Å². The van der Waals surface area contributed by atoms with Crippen molar-refractivity contribution in [2.24, 2.45) is 10.9 Å². The Labute approximate surface area is 186 Å². The molecule has 0 saturated carbocycles. The Bertz CT molecular complexity index is 1050. The standard InChI is InChI=1S/C26H23F2N3O/c27-22-12-8-19(9-13-22)25(20-10-14-23(28)15-11-20)21-5-4-16-31(17-21)26(30-18-29)32-24-6-2-1-3-7-24/h1-3,6-15,21,25H,4-5,16-17H2/b30-26+. The van der Waals surface area contributed by atoms with Crippen LogP contribution in [0.15, 0.2) is 83.9 Å². The Hall–Kier alpha value is -3.72. The Morgan fingerprint density at radius 1 is 0.938 bits per heavy atom. The SMILES string of the molecule is N#C/N=C(/Oc1ccccc1)N1CCCC(C(c2ccc(F)cc2)c2ccc(F)cc2)C1. The lowest BCUT2D eigenvalue weighted by atomic mass is 9.77. The van der Waals surface area contributed by atoms with Gasteiger partial charge in [0.05, 0.1) is 0 Å². The minimum atomic E-state index is -0.295. The molecule has 3 aromatic carbocycles. The van der Waals surface area contributed by atoms with E-state index in [2.05, 4.69) is 4.99 Å². The molecule has 4 nitrogen and oxygen atoms in total. The molecule has 1 unspecified atom stereocenters. The fourth-order valence-corrected chi connectivity index (χ4v) is 4.33. The third kappa shape index (κ3) is 5.12. The maximum absolute atomic E-state index is 13.6. The molecule has 0 spiro atoms. The lowest BCUT2D eigenvalue weighted by molar-refractivity contribution is 0.215. The average Bonchev–Trinajstić information content (AvgIpc) is 2.82. The van der Waals surface area contributed by atoms with Gasteiger partial charge in [-0.2, -0.15) is 5.26 Å². The van der Waals surface area contributed by atoms with Gasteiger partial charge in [-0.1, -0.05) is 42.5 Å². The van der Waals surface area contributed by atoms with E-state index >= 15 is 0 Å². The number of rotatable bonds is 4. The molecule has 0 amide bonds. The summed E-state index contributed by atoms with van der Waals surface area (Å²) >= 11 is 0. The highest BCUT2D eigenvalue weighted by molar-refractivity contribution is 5.77. The molecule has 162 valence electrons. The second-order valence-electron chi connectivity index (χ2n) is 7.84. The lowest BCUT2D eigenvalue weighted by Crippen LogP contribution is -2.44. The van der Waals surface area contributed by atoms with Crippen LogP contribution in [0.5, 0.6) is 5.75 Å². The van der Waals surface area contributed by atoms with Gasteiger partial charge in [-0.05, 0) is 66.3 Å². The molecule has 1 aliphatic heterocycles. The van der Waals surface area contributed by atoms with Crippen LogP contribution in [-0.2, 0) is 0 Å². The minimum absolute atomic E-state index is 0.0564. The monoisotopic (exact) mass is 431 g/mol. The third-order valence-electron chi connectivity index (χ3n) is 5.76. The van der Waals surface area contributed by atoms with Gasteiger partial charge in [0.25, 0.3) is 0 Å². The summed E-state index contributed by atoms with van der Waals surface area (Å²) in [6.07, 6.45) is 3.66. The van der Waals surface area contributed by atoms with E-state index in [1.807, 2.05) is 41.4 Å². The molecule has 6 heteroatoms. The van der Waals surface area contributed by atoms with Gasteiger partial charge in [0, 0.05) is 19.0 Å². The summed E-state index contributed by atoms with van der Waals surface area (Å²) in [6, 6.07) is 22.4. The number of aliphatic imine (C=N–C) groups is 1. The number of hydrogen-bond donors (Lipinski definition) is 0. The molecule has 1 atom stereocenters. The summed E-state index contributed by atoms with van der Waals surface area (Å²) in [7, 11) is 0. The molecule has 0 N–H and O–H groups in total. The van der Waals surface area contributed by atoms with Crippen molar-refractivity contribution < 1.29 is 13.5 Å². The van der Waals surface area contributed by atoms with E-state index in [-0.39, 0.29) is 29.5 Å². The van der Waals surface area contributed by atoms with Gasteiger partial charge in [0.1, 0.15) is 17.4 Å². The van der Waals surface area contributed by atoms with Gasteiger partial charge in [0.2, 0.25) is 6.19 Å². The molecule has 0 aromatic heterocycles. The van der Waals surface area contributed by atoms with Gasteiger partial charge in [-0.15, -0.1) is 4.99 Å². The van der Waals surface area contributed by atoms with Crippen LogP contribution < -0.4 is 4.74 Å². The fourth-order valence-electron chi connectivity index (χ4n) is 4.33. The smallest absolute Gasteiger partial charge is 0.308 e. The fraction of sp³-hybridized carbons (Fsp3) is 0.231. The molecular weight excluding hydrogens is 408 g/mol. The second-order valence-corrected chi connectivity index (χ2v) is 7.84. The van der Waals surface area contributed by atoms with Crippen LogP contribution in [0.4, 0.5) is 8.78 Å². The van der Waals surface area contributed by atoms with Crippen molar-refractivity contribution in [1.82, 2.24) is 4.90 Å². The maximum atomic E-state index is 13.6. The van der Waals surface area contributed by atoms with Crippen molar-refractivity contribution in [3.63, 3.8) is 0 Å². The first-order valence-corrected chi connectivity index (χ1v) is 10.6. The number of halogens is 2. The van der Waals surface area contributed by atoms with Gasteiger partial charge in [-0.25, -0.2) is 8.78 Å². The predicted octanol–water partition coefficient (Wildman–Crippen LogP) is 5.72. The molecule has 0 aliphatic carbocycles. The zero-order chi connectivity index (χ0) is 22.3. The van der Waals surface area contributed by atoms with Crippen molar-refractivity contribution in [2.75, 3.05) is 13.1 Å². The molecule has 32 heavy (non-hydrogen) atoms. The molecule has 1 aliphatic rings. The van der Waals surface area contributed by atoms with E-state index in [9.17, 15) is 14.0 Å². The lowest BCUT2D eigenvalue weighted by Gasteiger charge is -2.38. The van der Waals surface area contributed by atoms with Crippen LogP contribution in [-0.4, -0.2) is 24.0 Å². The predicted molar refractivity (Wildman–Crippen MR) is 119 cm³/mol. The van der Waals surface area contributed by atoms with Crippen molar-refractivity contribution in [3.05, 3.63) is 102 Å². The van der Waals surface area contributed by atoms with Crippen molar-refractivity contribution >= 4 is 6.02 Å². The van der Waals surface area contributed by atoms with E-state index in [0.717, 1.165) is 24.0 Å². The summed E-state index contributed by atoms with van der Waals surface area (Å²) in [6.45, 7) is 1.32. The van der Waals surface area contributed by atoms with Crippen LogP contribution in [0.3, 0.4) is 0 Å². The number of benzene rings is 3. The number of amidine groups is 1. The molecular formula is C26H23F2N3O. The van der Waals surface area contributed by atoms with Gasteiger partial charge in [0.15, 0.2) is 0 Å². The molecule has 1 saturated heterocycles. The molecule has 4 rings (SSSR count). The summed E-state index contributed by atoms with van der Waals surface area (Å²) in [5, 5.41) is 9.21. The van der Waals surface area contributed by atoms with E-state index in [1.165, 1.54) is 24.3 Å². The van der Waals surface area contributed by atoms with Gasteiger partial charge >= 0.3 is 6.02 Å². The highest BCUT2D eigenvalue weighted by atomic mass is 19.1. The number of hydrogen-bond acceptors (Lipinski definition) is 3. The number of nitriles is 1. The average molecular weight is 431 g/mol. The van der Waals surface area contributed by atoms with Crippen LogP contribution in [0.1, 0.15) is 29.9 Å². The first kappa shape index (κ1) is 21.5. The molecule has 0 radical (unpaired) electrons. The summed E-state index contributed by atoms with van der Waals surface area (Å²) in [5.41, 5.74) is 1.93. The number of piperidine rings is 1. The van der Waals surface area contributed by atoms with E-state index in [0.29, 0.717) is 18.8 Å². The van der Waals surface area contributed by atoms with Gasteiger partial charge < -0.3 is 9.64 Å². The van der Waals surface area contributed by atoms with Crippen molar-refractivity contribution in [2.45, 2.75) is 18.8 Å². The Morgan fingerprint density at radius 3 is 2.09 bits per heavy atom. The number of ether oxygens (including phenoxy) is 1. The summed E-state index contributed by atoms with van der Waals surface area (Å²) in [4.78, 5) is 5.91. The zero-order valence-corrected chi connectivity index (χ0v) is 17.5. The van der Waals surface area contributed by atoms with Crippen molar-refractivity contribution in [3.8, 4) is 11.9 Å². The molecule has 3 aromatic rings. The largest absolute Gasteiger partial charge is 0.425 e. The van der Waals surface area contributed by atoms with E-state index in [4.69, 9.17) is 4.74 Å². The van der Waals surface area contributed by atoms with Crippen molar-refractivity contribution in [1.29, 1.82) is 5.26 Å². The first-order valence-electron chi connectivity index (χ1n) is 10.6. The van der Waals surface area contributed by atoms with Crippen LogP contribution in [0.2, 0.25) is 0 Å². The Kier molecular flexibility index (Phi) is 6.76. The quantitative estimate of drug-likeness (QED) is 0.301. The van der Waals surface area contributed by atoms with Crippen LogP contribution in [0, 0.1) is 29.0 Å². The molecule has 1 heterocycles. The minimum Gasteiger partial charge on any atom is -0.425 e. The van der Waals surface area contributed by atoms with Crippen LogP contribution in [0.25, 0.3) is 0 Å². The molecule has 1 fully saturated rings. The Morgan fingerprint density at radius 2 is 1.53 bits per heavy atom. The summed E-state index contributed by atoms with van der Waals surface area (Å²) in [5.74, 6) is 0.104. The summed E-state index contributed by atoms with van der Waals surface area (Å²) < 4.78 is 33.1. The third-order valence-corrected chi connectivity index (χ3v) is 5.76. The normalized spacial score (nSPS) is 16.6. The number of nitrogens with zero attached hydrogens (tertiary/aromatic N) is 3. The number of para-hydroxylation sites is 1. The first-order chi connectivity index (χ1) is 15.6. The number of likely N-dealkylation sites (tertiary alicyclic amines) is 1. The van der Waals surface area contributed by atoms with Gasteiger partial charge in [-0.3, -0.25) is 0 Å². The second kappa shape index (κ2) is 10.1. The van der Waals surface area contributed by atoms with E-state index in [1.54, 1.807) is 24.3 Å². The Balaban J connectivity index is 1.63. The molecule has 0 bridgehead atoms. The topological polar surface area (TPSA) is 48.6 Å².